The topological polar surface area (TPSA) is 88.7 Å². The van der Waals surface area contributed by atoms with E-state index in [0.29, 0.717) is 18.7 Å². The lowest BCUT2D eigenvalue weighted by Gasteiger charge is -2.17. The van der Waals surface area contributed by atoms with Crippen molar-refractivity contribution in [2.75, 3.05) is 25.6 Å². The standard InChI is InChI=1S/C14H17N3O4/c1-20-8-9-21-14(19)15-11-4-2-10(3-5-11)12-6-7-13(18)17-16-12/h2-6,16H,7-9H2,1H3,(H,15,19)(H,17,18). The minimum atomic E-state index is -0.526. The summed E-state index contributed by atoms with van der Waals surface area (Å²) >= 11 is 0. The number of carbonyl (C=O) groups excluding carboxylic acids is 2. The first kappa shape index (κ1) is 14.9. The van der Waals surface area contributed by atoms with Gasteiger partial charge in [-0.15, -0.1) is 0 Å². The molecule has 0 radical (unpaired) electrons. The second-order valence-electron chi connectivity index (χ2n) is 4.33. The van der Waals surface area contributed by atoms with Gasteiger partial charge in [-0.25, -0.2) is 4.79 Å². The van der Waals surface area contributed by atoms with Crippen LogP contribution in [0, 0.1) is 0 Å². The Morgan fingerprint density at radius 2 is 2.00 bits per heavy atom. The molecule has 1 aromatic carbocycles. The summed E-state index contributed by atoms with van der Waals surface area (Å²) in [5, 5.41) is 2.61. The quantitative estimate of drug-likeness (QED) is 0.710. The predicted octanol–water partition coefficient (Wildman–Crippen LogP) is 1.25. The molecule has 0 unspecified atom stereocenters. The Morgan fingerprint density at radius 1 is 1.24 bits per heavy atom. The molecule has 0 bridgehead atoms. The van der Waals surface area contributed by atoms with Gasteiger partial charge in [-0.05, 0) is 23.8 Å². The predicted molar refractivity (Wildman–Crippen MR) is 77.2 cm³/mol. The molecule has 1 aliphatic rings. The zero-order chi connectivity index (χ0) is 15.1. The fraction of sp³-hybridized carbons (Fsp3) is 0.286. The van der Waals surface area contributed by atoms with E-state index in [0.717, 1.165) is 11.3 Å². The van der Waals surface area contributed by atoms with Crippen LogP contribution >= 0.6 is 0 Å². The average molecular weight is 291 g/mol. The molecule has 0 aliphatic carbocycles. The van der Waals surface area contributed by atoms with Crippen molar-refractivity contribution in [3.8, 4) is 0 Å². The van der Waals surface area contributed by atoms with E-state index in [2.05, 4.69) is 16.2 Å². The maximum Gasteiger partial charge on any atom is 0.411 e. The Kier molecular flexibility index (Phi) is 5.16. The maximum absolute atomic E-state index is 11.4. The van der Waals surface area contributed by atoms with Crippen molar-refractivity contribution < 1.29 is 19.1 Å². The molecule has 0 saturated heterocycles. The highest BCUT2D eigenvalue weighted by Gasteiger charge is 2.10. The second kappa shape index (κ2) is 7.30. The molecule has 0 aromatic heterocycles. The van der Waals surface area contributed by atoms with E-state index in [4.69, 9.17) is 9.47 Å². The number of anilines is 1. The van der Waals surface area contributed by atoms with Crippen molar-refractivity contribution in [3.63, 3.8) is 0 Å². The number of ether oxygens (including phenoxy) is 2. The van der Waals surface area contributed by atoms with Crippen LogP contribution in [0.1, 0.15) is 12.0 Å². The SMILES string of the molecule is COCCOC(=O)Nc1ccc(C2=CCC(=O)NN2)cc1. The van der Waals surface area contributed by atoms with Crippen molar-refractivity contribution in [3.05, 3.63) is 35.9 Å². The normalized spacial score (nSPS) is 13.8. The summed E-state index contributed by atoms with van der Waals surface area (Å²) in [7, 11) is 1.54. The largest absolute Gasteiger partial charge is 0.447 e. The molecule has 2 amide bonds. The summed E-state index contributed by atoms with van der Waals surface area (Å²) in [4.78, 5) is 22.5. The van der Waals surface area contributed by atoms with Crippen LogP contribution in [0.15, 0.2) is 30.3 Å². The molecule has 0 atom stereocenters. The Morgan fingerprint density at radius 3 is 2.62 bits per heavy atom. The Labute approximate surface area is 122 Å². The highest BCUT2D eigenvalue weighted by molar-refractivity contribution is 5.86. The number of hydrogen-bond donors (Lipinski definition) is 3. The summed E-state index contributed by atoms with van der Waals surface area (Å²) in [5.74, 6) is -0.0733. The highest BCUT2D eigenvalue weighted by atomic mass is 16.6. The fourth-order valence-corrected chi connectivity index (χ4v) is 1.73. The molecule has 112 valence electrons. The molecular formula is C14H17N3O4. The molecular weight excluding hydrogens is 274 g/mol. The van der Waals surface area contributed by atoms with Crippen molar-refractivity contribution in [1.82, 2.24) is 10.9 Å². The van der Waals surface area contributed by atoms with E-state index in [-0.39, 0.29) is 12.5 Å². The number of amides is 2. The van der Waals surface area contributed by atoms with Gasteiger partial charge in [0, 0.05) is 19.2 Å². The fourth-order valence-electron chi connectivity index (χ4n) is 1.73. The summed E-state index contributed by atoms with van der Waals surface area (Å²) < 4.78 is 9.68. The lowest BCUT2D eigenvalue weighted by atomic mass is 10.1. The van der Waals surface area contributed by atoms with Crippen molar-refractivity contribution >= 4 is 23.4 Å². The van der Waals surface area contributed by atoms with E-state index < -0.39 is 6.09 Å². The first-order valence-electron chi connectivity index (χ1n) is 6.47. The molecule has 7 heteroatoms. The summed E-state index contributed by atoms with van der Waals surface area (Å²) in [6.07, 6.45) is 1.62. The van der Waals surface area contributed by atoms with Gasteiger partial charge in [0.1, 0.15) is 6.61 Å². The van der Waals surface area contributed by atoms with E-state index in [1.807, 2.05) is 12.1 Å². The molecule has 3 N–H and O–H groups in total. The van der Waals surface area contributed by atoms with Gasteiger partial charge >= 0.3 is 6.09 Å². The number of hydrazine groups is 1. The molecule has 0 spiro atoms. The first-order chi connectivity index (χ1) is 10.2. The van der Waals surface area contributed by atoms with Crippen LogP contribution < -0.4 is 16.2 Å². The molecule has 21 heavy (non-hydrogen) atoms. The average Bonchev–Trinajstić information content (AvgIpc) is 2.49. The van der Waals surface area contributed by atoms with Crippen LogP contribution in [0.4, 0.5) is 10.5 Å². The number of hydrogen-bond acceptors (Lipinski definition) is 5. The van der Waals surface area contributed by atoms with Crippen LogP contribution in [-0.4, -0.2) is 32.3 Å². The third-order valence-corrected chi connectivity index (χ3v) is 2.79. The van der Waals surface area contributed by atoms with Gasteiger partial charge in [0.2, 0.25) is 5.91 Å². The smallest absolute Gasteiger partial charge is 0.411 e. The van der Waals surface area contributed by atoms with Crippen molar-refractivity contribution in [1.29, 1.82) is 0 Å². The molecule has 0 saturated carbocycles. The third kappa shape index (κ3) is 4.50. The van der Waals surface area contributed by atoms with Crippen LogP contribution in [0.3, 0.4) is 0 Å². The first-order valence-corrected chi connectivity index (χ1v) is 6.47. The minimum Gasteiger partial charge on any atom is -0.447 e. The lowest BCUT2D eigenvalue weighted by Crippen LogP contribution is -2.38. The number of carbonyl (C=O) groups is 2. The number of benzene rings is 1. The Hall–Kier alpha value is -2.54. The van der Waals surface area contributed by atoms with Gasteiger partial charge in [-0.2, -0.15) is 0 Å². The molecule has 1 aromatic rings. The van der Waals surface area contributed by atoms with Gasteiger partial charge in [0.15, 0.2) is 0 Å². The molecule has 1 heterocycles. The van der Waals surface area contributed by atoms with E-state index in [1.54, 1.807) is 18.2 Å². The molecule has 0 fully saturated rings. The van der Waals surface area contributed by atoms with Gasteiger partial charge in [-0.3, -0.25) is 21.0 Å². The highest BCUT2D eigenvalue weighted by Crippen LogP contribution is 2.17. The Balaban J connectivity index is 1.90. The molecule has 7 nitrogen and oxygen atoms in total. The van der Waals surface area contributed by atoms with Crippen LogP contribution in [0.5, 0.6) is 0 Å². The van der Waals surface area contributed by atoms with Gasteiger partial charge < -0.3 is 9.47 Å². The third-order valence-electron chi connectivity index (χ3n) is 2.79. The Bertz CT molecular complexity index is 540. The molecule has 2 rings (SSSR count). The van der Waals surface area contributed by atoms with E-state index in [9.17, 15) is 9.59 Å². The van der Waals surface area contributed by atoms with Crippen molar-refractivity contribution in [2.24, 2.45) is 0 Å². The van der Waals surface area contributed by atoms with E-state index >= 15 is 0 Å². The van der Waals surface area contributed by atoms with Crippen LogP contribution in [-0.2, 0) is 14.3 Å². The minimum absolute atomic E-state index is 0.0733. The van der Waals surface area contributed by atoms with E-state index in [1.165, 1.54) is 7.11 Å². The zero-order valence-electron chi connectivity index (χ0n) is 11.6. The van der Waals surface area contributed by atoms with Crippen molar-refractivity contribution in [2.45, 2.75) is 6.42 Å². The van der Waals surface area contributed by atoms with Gasteiger partial charge in [-0.1, -0.05) is 12.1 Å². The second-order valence-corrected chi connectivity index (χ2v) is 4.33. The van der Waals surface area contributed by atoms with Crippen LogP contribution in [0.2, 0.25) is 0 Å². The maximum atomic E-state index is 11.4. The lowest BCUT2D eigenvalue weighted by molar-refractivity contribution is -0.121. The summed E-state index contributed by atoms with van der Waals surface area (Å²) in [5.41, 5.74) is 7.72. The van der Waals surface area contributed by atoms with Gasteiger partial charge in [0.05, 0.1) is 12.3 Å². The number of nitrogens with one attached hydrogen (secondary N) is 3. The monoisotopic (exact) mass is 291 g/mol. The van der Waals surface area contributed by atoms with Crippen LogP contribution in [0.25, 0.3) is 5.70 Å². The number of rotatable bonds is 5. The molecule has 1 aliphatic heterocycles. The summed E-state index contributed by atoms with van der Waals surface area (Å²) in [6.45, 7) is 0.564. The number of methoxy groups -OCH3 is 1. The summed E-state index contributed by atoms with van der Waals surface area (Å²) in [6, 6.07) is 7.18. The zero-order valence-corrected chi connectivity index (χ0v) is 11.6. The van der Waals surface area contributed by atoms with Gasteiger partial charge in [0.25, 0.3) is 0 Å².